The number of sulfonamides is 1. The van der Waals surface area contributed by atoms with Gasteiger partial charge in [0.05, 0.1) is 4.90 Å². The van der Waals surface area contributed by atoms with E-state index < -0.39 is 10.0 Å². The van der Waals surface area contributed by atoms with Gasteiger partial charge < -0.3 is 0 Å². The first kappa shape index (κ1) is 14.9. The lowest BCUT2D eigenvalue weighted by molar-refractivity contribution is 0.431. The van der Waals surface area contributed by atoms with Gasteiger partial charge in [-0.2, -0.15) is 4.31 Å². The minimum atomic E-state index is -3.55. The van der Waals surface area contributed by atoms with Crippen LogP contribution in [0.25, 0.3) is 0 Å². The number of hydrogen-bond donors (Lipinski definition) is 0. The molecule has 0 amide bonds. The van der Waals surface area contributed by atoms with Gasteiger partial charge in [0.2, 0.25) is 10.0 Å². The SMILES string of the molecule is O=S(=O)(c1ccc(CCl)c(Cl)c1)N1Cc2ccccc2C1. The Balaban J connectivity index is 1.94. The van der Waals surface area contributed by atoms with E-state index in [1.165, 1.54) is 10.4 Å². The van der Waals surface area contributed by atoms with E-state index in [4.69, 9.17) is 23.2 Å². The maximum atomic E-state index is 12.7. The van der Waals surface area contributed by atoms with Crippen molar-refractivity contribution in [2.45, 2.75) is 23.9 Å². The smallest absolute Gasteiger partial charge is 0.207 e. The molecule has 0 bridgehead atoms. The molecule has 3 nitrogen and oxygen atoms in total. The minimum absolute atomic E-state index is 0.203. The van der Waals surface area contributed by atoms with Gasteiger partial charge in [-0.05, 0) is 28.8 Å². The molecule has 1 heterocycles. The van der Waals surface area contributed by atoms with Crippen molar-refractivity contribution >= 4 is 33.2 Å². The molecule has 0 fully saturated rings. The zero-order valence-electron chi connectivity index (χ0n) is 11.1. The van der Waals surface area contributed by atoms with Crippen LogP contribution in [0.2, 0.25) is 5.02 Å². The van der Waals surface area contributed by atoms with Gasteiger partial charge in [-0.25, -0.2) is 8.42 Å². The van der Waals surface area contributed by atoms with Crippen molar-refractivity contribution in [3.63, 3.8) is 0 Å². The molecule has 1 aliphatic rings. The Kier molecular flexibility index (Phi) is 3.97. The van der Waals surface area contributed by atoms with Crippen LogP contribution < -0.4 is 0 Å². The Labute approximate surface area is 134 Å². The summed E-state index contributed by atoms with van der Waals surface area (Å²) in [5.41, 5.74) is 2.82. The third kappa shape index (κ3) is 2.69. The Bertz CT molecular complexity index is 765. The van der Waals surface area contributed by atoms with Crippen molar-refractivity contribution in [2.24, 2.45) is 0 Å². The fraction of sp³-hybridized carbons (Fsp3) is 0.200. The van der Waals surface area contributed by atoms with Gasteiger partial charge in [0, 0.05) is 24.0 Å². The number of benzene rings is 2. The highest BCUT2D eigenvalue weighted by molar-refractivity contribution is 7.89. The van der Waals surface area contributed by atoms with Crippen molar-refractivity contribution in [2.75, 3.05) is 0 Å². The van der Waals surface area contributed by atoms with Crippen LogP contribution in [0.3, 0.4) is 0 Å². The molecule has 0 aromatic heterocycles. The van der Waals surface area contributed by atoms with Crippen LogP contribution in [-0.2, 0) is 29.0 Å². The number of fused-ring (bicyclic) bond motifs is 1. The first-order valence-electron chi connectivity index (χ1n) is 6.43. The predicted octanol–water partition coefficient (Wildman–Crippen LogP) is 3.78. The van der Waals surface area contributed by atoms with E-state index in [0.29, 0.717) is 18.1 Å². The average molecular weight is 342 g/mol. The summed E-state index contributed by atoms with van der Waals surface area (Å²) in [5.74, 6) is 0.258. The van der Waals surface area contributed by atoms with E-state index in [2.05, 4.69) is 0 Å². The zero-order chi connectivity index (χ0) is 15.0. The van der Waals surface area contributed by atoms with E-state index in [9.17, 15) is 8.42 Å². The van der Waals surface area contributed by atoms with Crippen molar-refractivity contribution in [1.82, 2.24) is 4.31 Å². The van der Waals surface area contributed by atoms with E-state index >= 15 is 0 Å². The quantitative estimate of drug-likeness (QED) is 0.796. The summed E-state index contributed by atoms with van der Waals surface area (Å²) in [7, 11) is -3.55. The van der Waals surface area contributed by atoms with Gasteiger partial charge in [-0.3, -0.25) is 0 Å². The lowest BCUT2D eigenvalue weighted by Gasteiger charge is -2.16. The summed E-state index contributed by atoms with van der Waals surface area (Å²) >= 11 is 11.8. The first-order valence-corrected chi connectivity index (χ1v) is 8.79. The molecule has 3 rings (SSSR count). The summed E-state index contributed by atoms with van der Waals surface area (Å²) in [6.45, 7) is 0.792. The molecule has 0 atom stereocenters. The van der Waals surface area contributed by atoms with Gasteiger partial charge in [0.25, 0.3) is 0 Å². The molecule has 1 aliphatic heterocycles. The Morgan fingerprint density at radius 3 is 2.19 bits per heavy atom. The third-order valence-electron chi connectivity index (χ3n) is 3.62. The maximum Gasteiger partial charge on any atom is 0.243 e. The molecule has 21 heavy (non-hydrogen) atoms. The fourth-order valence-corrected chi connectivity index (χ4v) is 4.45. The van der Waals surface area contributed by atoms with E-state index in [-0.39, 0.29) is 10.8 Å². The summed E-state index contributed by atoms with van der Waals surface area (Å²) in [5, 5.41) is 0.378. The summed E-state index contributed by atoms with van der Waals surface area (Å²) in [4.78, 5) is 0.203. The molecule has 0 N–H and O–H groups in total. The van der Waals surface area contributed by atoms with Crippen LogP contribution in [0.1, 0.15) is 16.7 Å². The normalized spacial score (nSPS) is 15.1. The Morgan fingerprint density at radius 2 is 1.67 bits per heavy atom. The molecule has 2 aromatic rings. The van der Waals surface area contributed by atoms with Crippen LogP contribution in [0, 0.1) is 0 Å². The van der Waals surface area contributed by atoms with Crippen LogP contribution in [0.15, 0.2) is 47.4 Å². The standard InChI is InChI=1S/C15H13Cl2NO2S/c16-8-11-5-6-14(7-15(11)17)21(19,20)18-9-12-3-1-2-4-13(12)10-18/h1-7H,8-10H2. The highest BCUT2D eigenvalue weighted by Gasteiger charge is 2.30. The van der Waals surface area contributed by atoms with Crippen molar-refractivity contribution in [1.29, 1.82) is 0 Å². The van der Waals surface area contributed by atoms with Gasteiger partial charge in [-0.1, -0.05) is 41.9 Å². The summed E-state index contributed by atoms with van der Waals surface area (Å²) < 4.78 is 26.8. The van der Waals surface area contributed by atoms with Gasteiger partial charge >= 0.3 is 0 Å². The van der Waals surface area contributed by atoms with Gasteiger partial charge in [0.15, 0.2) is 0 Å². The Hall–Kier alpha value is -1.07. The number of rotatable bonds is 3. The monoisotopic (exact) mass is 341 g/mol. The van der Waals surface area contributed by atoms with Gasteiger partial charge in [0.1, 0.15) is 0 Å². The number of alkyl halides is 1. The summed E-state index contributed by atoms with van der Waals surface area (Å²) in [6, 6.07) is 12.4. The number of hydrogen-bond acceptors (Lipinski definition) is 2. The molecule has 6 heteroatoms. The Morgan fingerprint density at radius 1 is 1.05 bits per heavy atom. The third-order valence-corrected chi connectivity index (χ3v) is 6.05. The lowest BCUT2D eigenvalue weighted by Crippen LogP contribution is -2.25. The molecular formula is C15H13Cl2NO2S. The lowest BCUT2D eigenvalue weighted by atomic mass is 10.1. The van der Waals surface area contributed by atoms with Crippen molar-refractivity contribution in [3.8, 4) is 0 Å². The van der Waals surface area contributed by atoms with E-state index in [1.54, 1.807) is 12.1 Å². The molecule has 2 aromatic carbocycles. The molecule has 0 saturated carbocycles. The van der Waals surface area contributed by atoms with Crippen LogP contribution >= 0.6 is 23.2 Å². The number of nitrogens with zero attached hydrogens (tertiary/aromatic N) is 1. The second-order valence-electron chi connectivity index (χ2n) is 4.93. The molecule has 110 valence electrons. The maximum absolute atomic E-state index is 12.7. The topological polar surface area (TPSA) is 37.4 Å². The molecular weight excluding hydrogens is 329 g/mol. The first-order chi connectivity index (χ1) is 10.0. The van der Waals surface area contributed by atoms with E-state index in [1.807, 2.05) is 24.3 Å². The second kappa shape index (κ2) is 5.61. The molecule has 0 unspecified atom stereocenters. The number of halogens is 2. The average Bonchev–Trinajstić information content (AvgIpc) is 2.92. The van der Waals surface area contributed by atoms with E-state index in [0.717, 1.165) is 16.7 Å². The predicted molar refractivity (Wildman–Crippen MR) is 83.9 cm³/mol. The van der Waals surface area contributed by atoms with Crippen LogP contribution in [-0.4, -0.2) is 12.7 Å². The zero-order valence-corrected chi connectivity index (χ0v) is 13.4. The van der Waals surface area contributed by atoms with Crippen molar-refractivity contribution < 1.29 is 8.42 Å². The molecule has 0 saturated heterocycles. The second-order valence-corrected chi connectivity index (χ2v) is 7.54. The highest BCUT2D eigenvalue weighted by Crippen LogP contribution is 2.30. The summed E-state index contributed by atoms with van der Waals surface area (Å²) in [6.07, 6.45) is 0. The van der Waals surface area contributed by atoms with Crippen molar-refractivity contribution in [3.05, 3.63) is 64.2 Å². The highest BCUT2D eigenvalue weighted by atomic mass is 35.5. The molecule has 0 aliphatic carbocycles. The fourth-order valence-electron chi connectivity index (χ4n) is 2.42. The molecule has 0 spiro atoms. The van der Waals surface area contributed by atoms with Gasteiger partial charge in [-0.15, -0.1) is 11.6 Å². The minimum Gasteiger partial charge on any atom is -0.207 e. The van der Waals surface area contributed by atoms with Crippen LogP contribution in [0.4, 0.5) is 0 Å². The van der Waals surface area contributed by atoms with Crippen LogP contribution in [0.5, 0.6) is 0 Å². The molecule has 0 radical (unpaired) electrons. The largest absolute Gasteiger partial charge is 0.243 e.